The van der Waals surface area contributed by atoms with Crippen LogP contribution in [0, 0.1) is 11.8 Å². The van der Waals surface area contributed by atoms with Crippen molar-refractivity contribution >= 4 is 35.8 Å². The number of hydrogen-bond donors (Lipinski definition) is 1. The number of carbonyl (C=O) groups excluding carboxylic acids is 1. The number of piperidine rings is 1. The standard InChI is InChI=1S/C26H41N5O.HI/c1-2-27-26(31-17-12-24(21-31)20-29-13-6-7-14-29)28-19-25(32)30-15-10-23(11-16-30)18-22-8-4-3-5-9-22;/h3-5,8-9,23-24H,2,6-7,10-21H2,1H3,(H,27,28);1H. The number of carbonyl (C=O) groups is 1. The number of aliphatic imine (C=N–C) groups is 1. The molecule has 1 N–H and O–H groups in total. The van der Waals surface area contributed by atoms with E-state index in [1.807, 2.05) is 4.90 Å². The average Bonchev–Trinajstić information content (AvgIpc) is 3.50. The summed E-state index contributed by atoms with van der Waals surface area (Å²) in [5.41, 5.74) is 1.41. The van der Waals surface area contributed by atoms with Gasteiger partial charge in [-0.25, -0.2) is 4.99 Å². The van der Waals surface area contributed by atoms with E-state index in [-0.39, 0.29) is 36.4 Å². The zero-order valence-electron chi connectivity index (χ0n) is 20.3. The van der Waals surface area contributed by atoms with Crippen molar-refractivity contribution in [1.82, 2.24) is 20.0 Å². The number of benzene rings is 1. The summed E-state index contributed by atoms with van der Waals surface area (Å²) in [6, 6.07) is 10.7. The fourth-order valence-electron chi connectivity index (χ4n) is 5.51. The van der Waals surface area contributed by atoms with Gasteiger partial charge in [-0.15, -0.1) is 24.0 Å². The zero-order valence-corrected chi connectivity index (χ0v) is 22.6. The molecule has 1 aromatic carbocycles. The molecule has 0 spiro atoms. The van der Waals surface area contributed by atoms with Crippen molar-refractivity contribution in [1.29, 1.82) is 0 Å². The third-order valence-electron chi connectivity index (χ3n) is 7.33. The number of amides is 1. The summed E-state index contributed by atoms with van der Waals surface area (Å²) in [7, 11) is 0. The average molecular weight is 568 g/mol. The molecule has 3 aliphatic rings. The van der Waals surface area contributed by atoms with Crippen LogP contribution in [0.1, 0.15) is 44.6 Å². The first-order valence-electron chi connectivity index (χ1n) is 12.8. The largest absolute Gasteiger partial charge is 0.357 e. The predicted octanol–water partition coefficient (Wildman–Crippen LogP) is 3.47. The maximum Gasteiger partial charge on any atom is 0.244 e. The van der Waals surface area contributed by atoms with E-state index in [9.17, 15) is 4.79 Å². The zero-order chi connectivity index (χ0) is 22.2. The summed E-state index contributed by atoms with van der Waals surface area (Å²) in [5, 5.41) is 3.42. The van der Waals surface area contributed by atoms with E-state index in [0.29, 0.717) is 5.92 Å². The summed E-state index contributed by atoms with van der Waals surface area (Å²) in [5.74, 6) is 2.49. The number of likely N-dealkylation sites (tertiary alicyclic amines) is 3. The normalized spacial score (nSPS) is 22.5. The minimum Gasteiger partial charge on any atom is -0.357 e. The van der Waals surface area contributed by atoms with Gasteiger partial charge in [0.05, 0.1) is 0 Å². The summed E-state index contributed by atoms with van der Waals surface area (Å²) in [6.45, 7) is 10.8. The fraction of sp³-hybridized carbons (Fsp3) is 0.692. The summed E-state index contributed by atoms with van der Waals surface area (Å²) in [6.07, 6.45) is 7.24. The van der Waals surface area contributed by atoms with Gasteiger partial charge in [-0.05, 0) is 75.9 Å². The van der Waals surface area contributed by atoms with Crippen molar-refractivity contribution in [3.05, 3.63) is 35.9 Å². The Bertz CT molecular complexity index is 744. The van der Waals surface area contributed by atoms with Crippen LogP contribution >= 0.6 is 24.0 Å². The van der Waals surface area contributed by atoms with E-state index in [0.717, 1.165) is 63.9 Å². The maximum atomic E-state index is 12.8. The molecule has 0 radical (unpaired) electrons. The number of nitrogens with zero attached hydrogens (tertiary/aromatic N) is 4. The molecule has 3 fully saturated rings. The lowest BCUT2D eigenvalue weighted by atomic mass is 9.90. The van der Waals surface area contributed by atoms with Crippen LogP contribution in [0.5, 0.6) is 0 Å². The number of rotatable bonds is 7. The fourth-order valence-corrected chi connectivity index (χ4v) is 5.51. The highest BCUT2D eigenvalue weighted by atomic mass is 127. The third kappa shape index (κ3) is 7.84. The number of halogens is 1. The maximum absolute atomic E-state index is 12.8. The van der Waals surface area contributed by atoms with Crippen molar-refractivity contribution < 1.29 is 4.79 Å². The number of nitrogens with one attached hydrogen (secondary N) is 1. The van der Waals surface area contributed by atoms with Gasteiger partial charge in [0.25, 0.3) is 0 Å². The first-order valence-corrected chi connectivity index (χ1v) is 12.8. The first-order chi connectivity index (χ1) is 15.7. The van der Waals surface area contributed by atoms with Crippen LogP contribution in [-0.2, 0) is 11.2 Å². The SMILES string of the molecule is CCNC(=NCC(=O)N1CCC(Cc2ccccc2)CC1)N1CCC(CN2CCCC2)C1.I. The van der Waals surface area contributed by atoms with Crippen molar-refractivity contribution in [2.75, 3.05) is 58.9 Å². The van der Waals surface area contributed by atoms with Crippen LogP contribution in [0.3, 0.4) is 0 Å². The molecule has 184 valence electrons. The molecule has 33 heavy (non-hydrogen) atoms. The van der Waals surface area contributed by atoms with E-state index in [4.69, 9.17) is 4.99 Å². The Hall–Kier alpha value is -1.35. The van der Waals surface area contributed by atoms with Gasteiger partial charge in [-0.1, -0.05) is 30.3 Å². The van der Waals surface area contributed by atoms with Gasteiger partial charge < -0.3 is 20.0 Å². The molecule has 3 saturated heterocycles. The van der Waals surface area contributed by atoms with Gasteiger partial charge in [-0.3, -0.25) is 4.79 Å². The third-order valence-corrected chi connectivity index (χ3v) is 7.33. The second-order valence-electron chi connectivity index (χ2n) is 9.79. The summed E-state index contributed by atoms with van der Waals surface area (Å²) < 4.78 is 0. The van der Waals surface area contributed by atoms with Gasteiger partial charge in [0.1, 0.15) is 6.54 Å². The van der Waals surface area contributed by atoms with E-state index in [2.05, 4.69) is 52.4 Å². The van der Waals surface area contributed by atoms with Crippen LogP contribution < -0.4 is 5.32 Å². The molecule has 1 atom stereocenters. The Kier molecular flexibility index (Phi) is 10.8. The van der Waals surface area contributed by atoms with Crippen molar-refractivity contribution in [2.24, 2.45) is 16.8 Å². The molecule has 0 bridgehead atoms. The van der Waals surface area contributed by atoms with Crippen molar-refractivity contribution in [3.63, 3.8) is 0 Å². The van der Waals surface area contributed by atoms with Crippen molar-refractivity contribution in [2.45, 2.75) is 45.4 Å². The molecule has 1 unspecified atom stereocenters. The van der Waals surface area contributed by atoms with Crippen molar-refractivity contribution in [3.8, 4) is 0 Å². The lowest BCUT2D eigenvalue weighted by Gasteiger charge is -2.32. The Morgan fingerprint density at radius 2 is 1.64 bits per heavy atom. The lowest BCUT2D eigenvalue weighted by Crippen LogP contribution is -2.43. The Morgan fingerprint density at radius 3 is 2.33 bits per heavy atom. The first kappa shape index (κ1) is 26.3. The Morgan fingerprint density at radius 1 is 0.970 bits per heavy atom. The van der Waals surface area contributed by atoms with Gasteiger partial charge >= 0.3 is 0 Å². The molecular weight excluding hydrogens is 525 g/mol. The highest BCUT2D eigenvalue weighted by Crippen LogP contribution is 2.22. The Labute approximate surface area is 217 Å². The van der Waals surface area contributed by atoms with Crippen LogP contribution in [0.4, 0.5) is 0 Å². The molecule has 4 rings (SSSR count). The molecular formula is C26H42IN5O. The second kappa shape index (κ2) is 13.5. The number of guanidine groups is 1. The van der Waals surface area contributed by atoms with Gasteiger partial charge in [0.2, 0.25) is 5.91 Å². The van der Waals surface area contributed by atoms with Crippen LogP contribution in [0.2, 0.25) is 0 Å². The smallest absolute Gasteiger partial charge is 0.244 e. The highest BCUT2D eigenvalue weighted by Gasteiger charge is 2.28. The van der Waals surface area contributed by atoms with E-state index >= 15 is 0 Å². The molecule has 3 aliphatic heterocycles. The molecule has 1 amide bonds. The summed E-state index contributed by atoms with van der Waals surface area (Å²) >= 11 is 0. The van der Waals surface area contributed by atoms with Gasteiger partial charge in [-0.2, -0.15) is 0 Å². The second-order valence-corrected chi connectivity index (χ2v) is 9.79. The Balaban J connectivity index is 0.00000306. The van der Waals surface area contributed by atoms with Crippen LogP contribution in [0.25, 0.3) is 0 Å². The topological polar surface area (TPSA) is 51.2 Å². The van der Waals surface area contributed by atoms with E-state index < -0.39 is 0 Å². The monoisotopic (exact) mass is 567 g/mol. The summed E-state index contributed by atoms with van der Waals surface area (Å²) in [4.78, 5) is 24.6. The lowest BCUT2D eigenvalue weighted by molar-refractivity contribution is -0.131. The minimum atomic E-state index is 0. The van der Waals surface area contributed by atoms with Gasteiger partial charge in [0.15, 0.2) is 5.96 Å². The van der Waals surface area contributed by atoms with Gasteiger partial charge in [0, 0.05) is 39.3 Å². The van der Waals surface area contributed by atoms with E-state index in [1.54, 1.807) is 0 Å². The number of hydrogen-bond acceptors (Lipinski definition) is 3. The molecule has 7 heteroatoms. The molecule has 6 nitrogen and oxygen atoms in total. The quantitative estimate of drug-likeness (QED) is 0.312. The van der Waals surface area contributed by atoms with Crippen LogP contribution in [0.15, 0.2) is 35.3 Å². The van der Waals surface area contributed by atoms with Crippen LogP contribution in [-0.4, -0.2) is 85.5 Å². The predicted molar refractivity (Wildman–Crippen MR) is 146 cm³/mol. The molecule has 0 aromatic heterocycles. The minimum absolute atomic E-state index is 0. The van der Waals surface area contributed by atoms with E-state index in [1.165, 1.54) is 44.5 Å². The highest BCUT2D eigenvalue weighted by molar-refractivity contribution is 14.0. The molecule has 1 aromatic rings. The molecule has 0 aliphatic carbocycles. The molecule has 0 saturated carbocycles. The molecule has 3 heterocycles.